The Morgan fingerprint density at radius 2 is 1.89 bits per heavy atom. The van der Waals surface area contributed by atoms with E-state index in [-0.39, 0.29) is 22.0 Å². The number of fused-ring (bicyclic) bond motifs is 1. The van der Waals surface area contributed by atoms with E-state index in [1.807, 2.05) is 35.1 Å². The fourth-order valence-electron chi connectivity index (χ4n) is 4.76. The standard InChI is InChI=1S/C26H28FN7O3S/c1-17-25(29-23-7-6-21(13-22(23)27)38(36,37)32-11-9-31(2)10-12-32)30-24-8-3-18(15-33(24)26(17)35)19-14-28-34(16-19)20-4-5-20/h3,6-8,13-14,16,20H,4-5,9-12,15H2,1-2H3/p+1/b19-18-. The normalized spacial score (nSPS) is 22.0. The van der Waals surface area contributed by atoms with E-state index >= 15 is 4.39 Å². The molecule has 1 saturated carbocycles. The van der Waals surface area contributed by atoms with E-state index in [4.69, 9.17) is 0 Å². The molecule has 2 fully saturated rings. The molecule has 38 heavy (non-hydrogen) atoms. The topological polar surface area (TPSA) is 103 Å². The van der Waals surface area contributed by atoms with Gasteiger partial charge in [0.25, 0.3) is 5.56 Å². The second kappa shape index (κ2) is 9.37. The number of nitrogens with zero attached hydrogens (tertiary/aromatic N) is 6. The molecule has 0 unspecified atom stereocenters. The molecule has 0 atom stereocenters. The van der Waals surface area contributed by atoms with Crippen molar-refractivity contribution in [3.8, 4) is 0 Å². The van der Waals surface area contributed by atoms with Crippen molar-refractivity contribution in [2.45, 2.75) is 37.2 Å². The zero-order chi connectivity index (χ0) is 26.6. The Morgan fingerprint density at radius 1 is 1.13 bits per heavy atom. The summed E-state index contributed by atoms with van der Waals surface area (Å²) in [5.41, 5.74) is 2.09. The van der Waals surface area contributed by atoms with E-state index in [1.165, 1.54) is 16.4 Å². The first-order chi connectivity index (χ1) is 18.2. The quantitative estimate of drug-likeness (QED) is 0.584. The Morgan fingerprint density at radius 3 is 2.61 bits per heavy atom. The highest BCUT2D eigenvalue weighted by Gasteiger charge is 2.36. The number of benzene rings is 1. The minimum Gasteiger partial charge on any atom is -0.337 e. The van der Waals surface area contributed by atoms with Crippen molar-refractivity contribution in [3.05, 3.63) is 63.0 Å². The third kappa shape index (κ3) is 4.52. The zero-order valence-electron chi connectivity index (χ0n) is 21.3. The van der Waals surface area contributed by atoms with Gasteiger partial charge in [-0.25, -0.2) is 17.8 Å². The lowest BCUT2D eigenvalue weighted by atomic mass is 10.1. The lowest BCUT2D eigenvalue weighted by Gasteiger charge is -2.31. The number of rotatable bonds is 5. The number of halogens is 1. The van der Waals surface area contributed by atoms with E-state index < -0.39 is 15.8 Å². The molecule has 198 valence electrons. The molecule has 10 nitrogen and oxygen atoms in total. The summed E-state index contributed by atoms with van der Waals surface area (Å²) >= 11 is 0. The Labute approximate surface area is 220 Å². The van der Waals surface area contributed by atoms with Crippen LogP contribution in [0.25, 0.3) is 6.08 Å². The van der Waals surface area contributed by atoms with Crippen molar-refractivity contribution in [2.24, 2.45) is 5.10 Å². The summed E-state index contributed by atoms with van der Waals surface area (Å²) in [6.45, 7) is 3.97. The molecule has 0 radical (unpaired) electrons. The van der Waals surface area contributed by atoms with Crippen LogP contribution in [0.5, 0.6) is 0 Å². The number of likely N-dealkylation sites (N-methyl/N-ethyl adjacent to an activating group) is 1. The van der Waals surface area contributed by atoms with Crippen molar-refractivity contribution < 1.29 is 17.5 Å². The number of anilines is 2. The minimum atomic E-state index is -3.80. The average Bonchev–Trinajstić information content (AvgIpc) is 3.64. The van der Waals surface area contributed by atoms with Crippen molar-refractivity contribution in [1.29, 1.82) is 0 Å². The molecule has 1 aliphatic carbocycles. The van der Waals surface area contributed by atoms with E-state index in [0.717, 1.165) is 30.1 Å². The molecule has 12 heteroatoms. The van der Waals surface area contributed by atoms with E-state index in [1.54, 1.807) is 17.6 Å². The van der Waals surface area contributed by atoms with Gasteiger partial charge >= 0.3 is 0 Å². The van der Waals surface area contributed by atoms with Gasteiger partial charge in [0.1, 0.15) is 23.7 Å². The van der Waals surface area contributed by atoms with Gasteiger partial charge in [0.2, 0.25) is 16.2 Å². The lowest BCUT2D eigenvalue weighted by molar-refractivity contribution is -0.539. The summed E-state index contributed by atoms with van der Waals surface area (Å²) in [4.78, 5) is 19.7. The molecular weight excluding hydrogens is 509 g/mol. The molecule has 4 aliphatic rings. The van der Waals surface area contributed by atoms with Gasteiger partial charge in [0.15, 0.2) is 6.04 Å². The number of hydrogen-bond acceptors (Lipinski definition) is 7. The van der Waals surface area contributed by atoms with Crippen molar-refractivity contribution >= 4 is 40.0 Å². The highest BCUT2D eigenvalue weighted by Crippen LogP contribution is 2.28. The zero-order valence-corrected chi connectivity index (χ0v) is 22.1. The van der Waals surface area contributed by atoms with Crippen LogP contribution in [0.3, 0.4) is 0 Å². The van der Waals surface area contributed by atoms with Crippen molar-refractivity contribution in [1.82, 2.24) is 18.8 Å². The van der Waals surface area contributed by atoms with Crippen LogP contribution in [-0.2, 0) is 16.6 Å². The van der Waals surface area contributed by atoms with E-state index in [0.29, 0.717) is 50.2 Å². The van der Waals surface area contributed by atoms with Gasteiger partial charge in [-0.1, -0.05) is 10.8 Å². The van der Waals surface area contributed by atoms with Gasteiger partial charge in [0, 0.05) is 39.0 Å². The summed E-state index contributed by atoms with van der Waals surface area (Å²) in [6, 6.07) is 4.24. The summed E-state index contributed by atoms with van der Waals surface area (Å²) in [6.07, 6.45) is 9.81. The molecular formula is C26H29FN7O3S+. The third-order valence-electron chi connectivity index (χ3n) is 7.37. The first-order valence-electron chi connectivity index (χ1n) is 12.7. The second-order valence-electron chi connectivity index (χ2n) is 10.1. The maximum Gasteiger partial charge on any atom is 0.259 e. The first kappa shape index (κ1) is 24.8. The van der Waals surface area contributed by atoms with Crippen LogP contribution in [0.2, 0.25) is 0 Å². The second-order valence-corrected chi connectivity index (χ2v) is 12.0. The van der Waals surface area contributed by atoms with E-state index in [9.17, 15) is 13.2 Å². The summed E-state index contributed by atoms with van der Waals surface area (Å²) in [5.74, 6) is -0.0568. The smallest absolute Gasteiger partial charge is 0.259 e. The number of nitrogens with one attached hydrogen (secondary N) is 1. The van der Waals surface area contributed by atoms with Crippen LogP contribution in [0.1, 0.15) is 24.2 Å². The predicted molar refractivity (Wildman–Crippen MR) is 143 cm³/mol. The Bertz CT molecular complexity index is 1610. The minimum absolute atomic E-state index is 0.0433. The maximum atomic E-state index is 15.1. The van der Waals surface area contributed by atoms with Gasteiger partial charge in [-0.3, -0.25) is 9.36 Å². The number of hydrogen-bond donors (Lipinski definition) is 1. The monoisotopic (exact) mass is 538 g/mol. The highest BCUT2D eigenvalue weighted by atomic mass is 32.2. The van der Waals surface area contributed by atoms with Crippen LogP contribution in [0.15, 0.2) is 50.2 Å². The number of hydrazone groups is 1. The highest BCUT2D eigenvalue weighted by molar-refractivity contribution is 7.89. The molecule has 6 rings (SSSR count). The van der Waals surface area contributed by atoms with Crippen LogP contribution >= 0.6 is 0 Å². The van der Waals surface area contributed by atoms with Crippen molar-refractivity contribution in [3.63, 3.8) is 0 Å². The summed E-state index contributed by atoms with van der Waals surface area (Å²) in [7, 11) is -1.87. The van der Waals surface area contributed by atoms with Crippen LogP contribution < -0.4 is 10.9 Å². The lowest BCUT2D eigenvalue weighted by Crippen LogP contribution is -2.47. The number of piperazine rings is 1. The fraction of sp³-hybridized carbons (Fsp3) is 0.385. The molecule has 2 aromatic rings. The first-order valence-corrected chi connectivity index (χ1v) is 14.1. The van der Waals surface area contributed by atoms with Crippen LogP contribution in [0, 0.1) is 12.7 Å². The largest absolute Gasteiger partial charge is 0.337 e. The van der Waals surface area contributed by atoms with E-state index in [2.05, 4.69) is 15.4 Å². The number of allylic oxidation sites excluding steroid dienone is 3. The molecule has 4 heterocycles. The maximum absolute atomic E-state index is 15.1. The Hall–Kier alpha value is -3.48. The fourth-order valence-corrected chi connectivity index (χ4v) is 6.19. The third-order valence-corrected chi connectivity index (χ3v) is 9.27. The average molecular weight is 539 g/mol. The van der Waals surface area contributed by atoms with Crippen LogP contribution in [-0.4, -0.2) is 83.6 Å². The van der Waals surface area contributed by atoms with Crippen molar-refractivity contribution in [2.75, 3.05) is 38.5 Å². The SMILES string of the molecule is Cc1c(Nc2ccc(S(=O)(=O)N3CCN(C)CC3)cc2F)nc2n(c1=O)C/C(=C1/C=N[N+](C3CC3)=C1)C=C2. The van der Waals surface area contributed by atoms with Gasteiger partial charge in [-0.2, -0.15) is 4.31 Å². The summed E-state index contributed by atoms with van der Waals surface area (Å²) < 4.78 is 46.0. The van der Waals surface area contributed by atoms with Gasteiger partial charge in [-0.05, 0) is 48.9 Å². The molecule has 0 bridgehead atoms. The summed E-state index contributed by atoms with van der Waals surface area (Å²) in [5, 5.41) is 7.33. The molecule has 0 amide bonds. The van der Waals surface area contributed by atoms with Gasteiger partial charge < -0.3 is 10.2 Å². The molecule has 0 spiro atoms. The molecule has 1 aromatic heterocycles. The number of aromatic nitrogens is 2. The Balaban J connectivity index is 1.24. The molecule has 1 aromatic carbocycles. The number of sulfonamides is 1. The predicted octanol–water partition coefficient (Wildman–Crippen LogP) is 1.94. The Kier molecular flexibility index (Phi) is 6.12. The van der Waals surface area contributed by atoms with Gasteiger partial charge in [-0.15, -0.1) is 0 Å². The van der Waals surface area contributed by atoms with Crippen LogP contribution in [0.4, 0.5) is 15.9 Å². The molecule has 1 N–H and O–H groups in total. The molecule has 3 aliphatic heterocycles. The molecule has 1 saturated heterocycles. The van der Waals surface area contributed by atoms with Gasteiger partial charge in [0.05, 0.1) is 28.3 Å².